The molecule has 0 aliphatic heterocycles. The van der Waals surface area contributed by atoms with Crippen LogP contribution < -0.4 is 5.73 Å². The van der Waals surface area contributed by atoms with Crippen LogP contribution in [0.1, 0.15) is 20.3 Å². The first-order chi connectivity index (χ1) is 7.86. The molecule has 1 rings (SSSR count). The predicted molar refractivity (Wildman–Crippen MR) is 73.6 cm³/mol. The SMILES string of the molecule is CCC(C)C(N)CS(=O)(=O)c1cccc(Br)c1. The second-order valence-corrected chi connectivity index (χ2v) is 7.24. The molecule has 1 aromatic carbocycles. The fourth-order valence-corrected chi connectivity index (χ4v) is 3.65. The Labute approximate surface area is 111 Å². The van der Waals surface area contributed by atoms with Crippen LogP contribution in [0.2, 0.25) is 0 Å². The monoisotopic (exact) mass is 319 g/mol. The topological polar surface area (TPSA) is 60.2 Å². The minimum absolute atomic E-state index is 0.00153. The largest absolute Gasteiger partial charge is 0.327 e. The van der Waals surface area contributed by atoms with Crippen LogP contribution >= 0.6 is 15.9 Å². The summed E-state index contributed by atoms with van der Waals surface area (Å²) in [7, 11) is -3.29. The van der Waals surface area contributed by atoms with E-state index in [2.05, 4.69) is 15.9 Å². The summed E-state index contributed by atoms with van der Waals surface area (Å²) in [4.78, 5) is 0.325. The van der Waals surface area contributed by atoms with Gasteiger partial charge >= 0.3 is 0 Å². The number of sulfone groups is 1. The van der Waals surface area contributed by atoms with Gasteiger partial charge in [0.2, 0.25) is 0 Å². The van der Waals surface area contributed by atoms with Crippen LogP contribution in [0.15, 0.2) is 33.6 Å². The zero-order valence-corrected chi connectivity index (χ0v) is 12.5. The molecule has 0 heterocycles. The van der Waals surface area contributed by atoms with Crippen molar-refractivity contribution in [3.63, 3.8) is 0 Å². The second kappa shape index (κ2) is 5.98. The molecule has 1 aromatic rings. The number of hydrogen-bond donors (Lipinski definition) is 1. The van der Waals surface area contributed by atoms with E-state index in [0.717, 1.165) is 10.9 Å². The molecule has 0 aromatic heterocycles. The average Bonchev–Trinajstić information content (AvgIpc) is 2.27. The number of halogens is 1. The van der Waals surface area contributed by atoms with Gasteiger partial charge in [0.15, 0.2) is 9.84 Å². The standard InChI is InChI=1S/C12H18BrNO2S/c1-3-9(2)12(14)8-17(15,16)11-6-4-5-10(13)7-11/h4-7,9,12H,3,8,14H2,1-2H3. The van der Waals surface area contributed by atoms with Crippen LogP contribution in [-0.2, 0) is 9.84 Å². The highest BCUT2D eigenvalue weighted by Gasteiger charge is 2.22. The third-order valence-corrected chi connectivity index (χ3v) is 5.23. The van der Waals surface area contributed by atoms with Crippen molar-refractivity contribution in [1.29, 1.82) is 0 Å². The smallest absolute Gasteiger partial charge is 0.179 e. The van der Waals surface area contributed by atoms with Gasteiger partial charge in [-0.3, -0.25) is 0 Å². The molecule has 0 aliphatic rings. The third kappa shape index (κ3) is 4.08. The van der Waals surface area contributed by atoms with Gasteiger partial charge in [0.1, 0.15) is 0 Å². The van der Waals surface area contributed by atoms with Gasteiger partial charge in [-0.1, -0.05) is 42.3 Å². The highest BCUT2D eigenvalue weighted by Crippen LogP contribution is 2.19. The molecule has 17 heavy (non-hydrogen) atoms. The van der Waals surface area contributed by atoms with Crippen LogP contribution in [0.25, 0.3) is 0 Å². The number of nitrogens with two attached hydrogens (primary N) is 1. The molecule has 3 nitrogen and oxygen atoms in total. The predicted octanol–water partition coefficient (Wildman–Crippen LogP) is 2.60. The van der Waals surface area contributed by atoms with E-state index in [1.807, 2.05) is 13.8 Å². The third-order valence-electron chi connectivity index (χ3n) is 2.94. The Kier molecular flexibility index (Phi) is 5.16. The highest BCUT2D eigenvalue weighted by molar-refractivity contribution is 9.10. The molecule has 2 unspecified atom stereocenters. The van der Waals surface area contributed by atoms with Gasteiger partial charge in [0.25, 0.3) is 0 Å². The Morgan fingerprint density at radius 1 is 1.41 bits per heavy atom. The quantitative estimate of drug-likeness (QED) is 0.907. The first-order valence-electron chi connectivity index (χ1n) is 5.60. The molecule has 0 bridgehead atoms. The van der Waals surface area contributed by atoms with E-state index in [1.54, 1.807) is 24.3 Å². The van der Waals surface area contributed by atoms with Gasteiger partial charge < -0.3 is 5.73 Å². The lowest BCUT2D eigenvalue weighted by molar-refractivity contribution is 0.466. The van der Waals surface area contributed by atoms with Crippen molar-refractivity contribution >= 4 is 25.8 Å². The fourth-order valence-electron chi connectivity index (χ4n) is 1.48. The Bertz CT molecular complexity index is 473. The zero-order valence-electron chi connectivity index (χ0n) is 10.1. The Morgan fingerprint density at radius 2 is 2.06 bits per heavy atom. The molecule has 0 fully saturated rings. The van der Waals surface area contributed by atoms with E-state index in [4.69, 9.17) is 5.73 Å². The minimum Gasteiger partial charge on any atom is -0.327 e. The normalized spacial score (nSPS) is 15.5. The Morgan fingerprint density at radius 3 is 2.59 bits per heavy atom. The van der Waals surface area contributed by atoms with Gasteiger partial charge in [-0.2, -0.15) is 0 Å². The van der Waals surface area contributed by atoms with Crippen molar-refractivity contribution in [3.8, 4) is 0 Å². The van der Waals surface area contributed by atoms with Crippen LogP contribution in [0.3, 0.4) is 0 Å². The lowest BCUT2D eigenvalue weighted by Gasteiger charge is -2.18. The minimum atomic E-state index is -3.29. The van der Waals surface area contributed by atoms with Gasteiger partial charge in [-0.25, -0.2) is 8.42 Å². The molecule has 0 radical (unpaired) electrons. The molecule has 0 amide bonds. The summed E-state index contributed by atoms with van der Waals surface area (Å²) in [6.07, 6.45) is 0.884. The van der Waals surface area contributed by atoms with E-state index in [0.29, 0.717) is 4.90 Å². The summed E-state index contributed by atoms with van der Waals surface area (Å²) in [6, 6.07) is 6.41. The molecule has 0 aliphatic carbocycles. The fraction of sp³-hybridized carbons (Fsp3) is 0.500. The molecule has 96 valence electrons. The summed E-state index contributed by atoms with van der Waals surface area (Å²) in [5.41, 5.74) is 5.90. The van der Waals surface area contributed by atoms with E-state index in [1.165, 1.54) is 0 Å². The van der Waals surface area contributed by atoms with Crippen molar-refractivity contribution in [2.45, 2.75) is 31.2 Å². The summed E-state index contributed by atoms with van der Waals surface area (Å²) < 4.78 is 25.0. The lowest BCUT2D eigenvalue weighted by atomic mass is 10.0. The molecule has 5 heteroatoms. The summed E-state index contributed by atoms with van der Waals surface area (Å²) in [5, 5.41) is 0. The maximum atomic E-state index is 12.1. The van der Waals surface area contributed by atoms with Crippen molar-refractivity contribution in [1.82, 2.24) is 0 Å². The molecule has 2 atom stereocenters. The van der Waals surface area contributed by atoms with Gasteiger partial charge in [0.05, 0.1) is 10.6 Å². The van der Waals surface area contributed by atoms with E-state index in [-0.39, 0.29) is 17.7 Å². The molecular weight excluding hydrogens is 302 g/mol. The Hall–Kier alpha value is -0.390. The number of hydrogen-bond acceptors (Lipinski definition) is 3. The van der Waals surface area contributed by atoms with Gasteiger partial charge in [-0.15, -0.1) is 0 Å². The van der Waals surface area contributed by atoms with Crippen molar-refractivity contribution < 1.29 is 8.42 Å². The van der Waals surface area contributed by atoms with Crippen molar-refractivity contribution in [3.05, 3.63) is 28.7 Å². The molecule has 0 spiro atoms. The van der Waals surface area contributed by atoms with Crippen LogP contribution in [0, 0.1) is 5.92 Å². The van der Waals surface area contributed by atoms with Crippen LogP contribution in [0.5, 0.6) is 0 Å². The maximum absolute atomic E-state index is 12.1. The highest BCUT2D eigenvalue weighted by atomic mass is 79.9. The van der Waals surface area contributed by atoms with Crippen LogP contribution in [0.4, 0.5) is 0 Å². The number of benzene rings is 1. The van der Waals surface area contributed by atoms with Gasteiger partial charge in [-0.05, 0) is 24.1 Å². The molecule has 0 saturated carbocycles. The summed E-state index contributed by atoms with van der Waals surface area (Å²) in [5.74, 6) is 0.204. The van der Waals surface area contributed by atoms with Crippen molar-refractivity contribution in [2.75, 3.05) is 5.75 Å². The van der Waals surface area contributed by atoms with Gasteiger partial charge in [0, 0.05) is 10.5 Å². The van der Waals surface area contributed by atoms with Crippen LogP contribution in [-0.4, -0.2) is 20.2 Å². The summed E-state index contributed by atoms with van der Waals surface area (Å²) >= 11 is 3.27. The van der Waals surface area contributed by atoms with E-state index in [9.17, 15) is 8.42 Å². The summed E-state index contributed by atoms with van der Waals surface area (Å²) in [6.45, 7) is 3.98. The molecule has 2 N–H and O–H groups in total. The first kappa shape index (κ1) is 14.7. The average molecular weight is 320 g/mol. The molecular formula is C12H18BrNO2S. The van der Waals surface area contributed by atoms with E-state index >= 15 is 0 Å². The first-order valence-corrected chi connectivity index (χ1v) is 8.05. The Balaban J connectivity index is 2.89. The number of rotatable bonds is 5. The second-order valence-electron chi connectivity index (χ2n) is 4.29. The molecule has 0 saturated heterocycles. The zero-order chi connectivity index (χ0) is 13.1. The maximum Gasteiger partial charge on any atom is 0.179 e. The van der Waals surface area contributed by atoms with Crippen molar-refractivity contribution in [2.24, 2.45) is 11.7 Å². The lowest BCUT2D eigenvalue weighted by Crippen LogP contribution is -2.35. The van der Waals surface area contributed by atoms with E-state index < -0.39 is 9.84 Å².